The van der Waals surface area contributed by atoms with Crippen LogP contribution in [-0.4, -0.2) is 43.7 Å². The molecule has 0 saturated heterocycles. The van der Waals surface area contributed by atoms with Gasteiger partial charge in [-0.15, -0.1) is 0 Å². The second kappa shape index (κ2) is 29.1. The molecule has 7 heteroatoms. The SMILES string of the molecule is CCCCCCCCCCCCCCCCCCNC(=O)[C@@H](NC(=O)NCCCCCCN=C=O)C(C)CC. The van der Waals surface area contributed by atoms with Crippen molar-refractivity contribution in [3.63, 3.8) is 0 Å². The maximum Gasteiger partial charge on any atom is 0.315 e. The maximum atomic E-state index is 12.8. The summed E-state index contributed by atoms with van der Waals surface area (Å²) in [5.41, 5.74) is 0. The Kier molecular flexibility index (Phi) is 27.7. The molecule has 7 nitrogen and oxygen atoms in total. The Bertz CT molecular complexity index is 623. The van der Waals surface area contributed by atoms with Gasteiger partial charge in [-0.3, -0.25) is 4.79 Å². The van der Waals surface area contributed by atoms with Crippen molar-refractivity contribution in [1.29, 1.82) is 0 Å². The first-order valence-electron chi connectivity index (χ1n) is 16.4. The Morgan fingerprint density at radius 1 is 0.641 bits per heavy atom. The fraction of sp³-hybridized carbons (Fsp3) is 0.906. The van der Waals surface area contributed by atoms with E-state index < -0.39 is 6.04 Å². The molecule has 0 aromatic carbocycles. The van der Waals surface area contributed by atoms with Crippen LogP contribution in [0.15, 0.2) is 4.99 Å². The molecule has 3 N–H and O–H groups in total. The number of urea groups is 1. The van der Waals surface area contributed by atoms with Gasteiger partial charge in [0.2, 0.25) is 12.0 Å². The molecule has 0 aromatic heterocycles. The number of carbonyl (C=O) groups is 2. The van der Waals surface area contributed by atoms with Crippen LogP contribution in [0.5, 0.6) is 0 Å². The van der Waals surface area contributed by atoms with E-state index in [0.29, 0.717) is 19.6 Å². The van der Waals surface area contributed by atoms with Gasteiger partial charge in [-0.1, -0.05) is 136 Å². The number of aliphatic imine (C=N–C) groups is 1. The van der Waals surface area contributed by atoms with Gasteiger partial charge in [-0.2, -0.15) is 0 Å². The van der Waals surface area contributed by atoms with Gasteiger partial charge in [-0.25, -0.2) is 14.6 Å². The molecule has 228 valence electrons. The van der Waals surface area contributed by atoms with Crippen molar-refractivity contribution in [1.82, 2.24) is 16.0 Å². The van der Waals surface area contributed by atoms with Gasteiger partial charge in [0.05, 0.1) is 6.54 Å². The van der Waals surface area contributed by atoms with Crippen LogP contribution in [-0.2, 0) is 9.59 Å². The van der Waals surface area contributed by atoms with E-state index in [1.807, 2.05) is 13.8 Å². The molecule has 0 aliphatic rings. The van der Waals surface area contributed by atoms with Crippen molar-refractivity contribution < 1.29 is 14.4 Å². The van der Waals surface area contributed by atoms with Crippen molar-refractivity contribution in [3.05, 3.63) is 0 Å². The molecule has 1 unspecified atom stereocenters. The fourth-order valence-corrected chi connectivity index (χ4v) is 4.81. The third-order valence-corrected chi connectivity index (χ3v) is 7.66. The Morgan fingerprint density at radius 3 is 1.54 bits per heavy atom. The van der Waals surface area contributed by atoms with Crippen LogP contribution in [0.25, 0.3) is 0 Å². The zero-order valence-corrected chi connectivity index (χ0v) is 25.8. The van der Waals surface area contributed by atoms with Crippen molar-refractivity contribution in [2.24, 2.45) is 10.9 Å². The minimum atomic E-state index is -0.516. The summed E-state index contributed by atoms with van der Waals surface area (Å²) in [6.45, 7) is 8.06. The van der Waals surface area contributed by atoms with E-state index in [9.17, 15) is 14.4 Å². The second-order valence-electron chi connectivity index (χ2n) is 11.2. The molecule has 0 rings (SSSR count). The summed E-state index contributed by atoms with van der Waals surface area (Å²) in [4.78, 5) is 38.6. The van der Waals surface area contributed by atoms with Crippen LogP contribution in [0.4, 0.5) is 4.79 Å². The van der Waals surface area contributed by atoms with E-state index in [1.54, 1.807) is 6.08 Å². The van der Waals surface area contributed by atoms with Gasteiger partial charge in [-0.05, 0) is 25.2 Å². The second-order valence-corrected chi connectivity index (χ2v) is 11.2. The first kappa shape index (κ1) is 37.1. The molecule has 2 atom stereocenters. The van der Waals surface area contributed by atoms with E-state index in [0.717, 1.165) is 44.9 Å². The van der Waals surface area contributed by atoms with E-state index in [1.165, 1.54) is 89.9 Å². The largest absolute Gasteiger partial charge is 0.354 e. The minimum Gasteiger partial charge on any atom is -0.354 e. The highest BCUT2D eigenvalue weighted by atomic mass is 16.2. The average Bonchev–Trinajstić information content (AvgIpc) is 2.94. The maximum absolute atomic E-state index is 12.8. The third kappa shape index (κ3) is 24.9. The number of nitrogens with zero attached hydrogens (tertiary/aromatic N) is 1. The zero-order valence-electron chi connectivity index (χ0n) is 25.8. The summed E-state index contributed by atoms with van der Waals surface area (Å²) < 4.78 is 0. The van der Waals surface area contributed by atoms with Crippen LogP contribution in [0.3, 0.4) is 0 Å². The smallest absolute Gasteiger partial charge is 0.315 e. The Labute approximate surface area is 240 Å². The summed E-state index contributed by atoms with van der Waals surface area (Å²) in [7, 11) is 0. The molecule has 0 aliphatic carbocycles. The number of hydrogen-bond acceptors (Lipinski definition) is 4. The lowest BCUT2D eigenvalue weighted by atomic mass is 9.98. The summed E-state index contributed by atoms with van der Waals surface area (Å²) >= 11 is 0. The number of hydrogen-bond donors (Lipinski definition) is 3. The van der Waals surface area contributed by atoms with Crippen LogP contribution in [0.2, 0.25) is 0 Å². The molecule has 0 bridgehead atoms. The summed E-state index contributed by atoms with van der Waals surface area (Å²) in [6, 6.07) is -0.805. The van der Waals surface area contributed by atoms with E-state index in [4.69, 9.17) is 0 Å². The molecule has 0 spiro atoms. The quantitative estimate of drug-likeness (QED) is 0.0523. The Hall–Kier alpha value is -1.88. The number of carbonyl (C=O) groups excluding carboxylic acids is 3. The molecule has 3 amide bonds. The highest BCUT2D eigenvalue weighted by molar-refractivity contribution is 5.87. The fourth-order valence-electron chi connectivity index (χ4n) is 4.81. The Morgan fingerprint density at radius 2 is 1.08 bits per heavy atom. The lowest BCUT2D eigenvalue weighted by Gasteiger charge is -2.23. The molecule has 0 aromatic rings. The number of rotatable bonds is 28. The summed E-state index contributed by atoms with van der Waals surface area (Å²) in [5, 5.41) is 8.77. The van der Waals surface area contributed by atoms with E-state index >= 15 is 0 Å². The van der Waals surface area contributed by atoms with E-state index in [2.05, 4.69) is 27.9 Å². The van der Waals surface area contributed by atoms with Gasteiger partial charge < -0.3 is 16.0 Å². The molecule has 0 heterocycles. The molecule has 0 fully saturated rings. The molecule has 39 heavy (non-hydrogen) atoms. The number of amides is 3. The van der Waals surface area contributed by atoms with Crippen molar-refractivity contribution in [2.45, 2.75) is 162 Å². The third-order valence-electron chi connectivity index (χ3n) is 7.66. The van der Waals surface area contributed by atoms with Crippen molar-refractivity contribution in [3.8, 4) is 0 Å². The predicted molar refractivity (Wildman–Crippen MR) is 164 cm³/mol. The van der Waals surface area contributed by atoms with Crippen molar-refractivity contribution >= 4 is 18.0 Å². The summed E-state index contributed by atoms with van der Waals surface area (Å²) in [6.07, 6.45) is 27.3. The van der Waals surface area contributed by atoms with Crippen LogP contribution >= 0.6 is 0 Å². The molecular formula is C32H62N4O3. The molecule has 0 radical (unpaired) electrons. The average molecular weight is 551 g/mol. The molecule has 0 aliphatic heterocycles. The minimum absolute atomic E-state index is 0.0694. The topological polar surface area (TPSA) is 99.7 Å². The van der Waals surface area contributed by atoms with Gasteiger partial charge in [0.15, 0.2) is 0 Å². The standard InChI is InChI=1S/C32H62N4O3/c1-4-6-7-8-9-10-11-12-13-14-15-16-17-18-19-23-26-34-31(38)30(29(3)5-2)36-32(39)35-27-24-21-20-22-25-33-28-37/h29-30H,4-27H2,1-3H3,(H,34,38)(H2,35,36,39)/t29?,30-/m0/s1. The first-order valence-corrected chi connectivity index (χ1v) is 16.4. The summed E-state index contributed by atoms with van der Waals surface area (Å²) in [5.74, 6) is -0.0175. The zero-order chi connectivity index (χ0) is 28.8. The first-order chi connectivity index (χ1) is 19.1. The van der Waals surface area contributed by atoms with Crippen molar-refractivity contribution in [2.75, 3.05) is 19.6 Å². The van der Waals surface area contributed by atoms with Crippen LogP contribution < -0.4 is 16.0 Å². The highest BCUT2D eigenvalue weighted by Gasteiger charge is 2.25. The van der Waals surface area contributed by atoms with Gasteiger partial charge >= 0.3 is 6.03 Å². The van der Waals surface area contributed by atoms with Gasteiger partial charge in [0.25, 0.3) is 0 Å². The molecule has 0 saturated carbocycles. The lowest BCUT2D eigenvalue weighted by Crippen LogP contribution is -2.53. The van der Waals surface area contributed by atoms with Crippen LogP contribution in [0, 0.1) is 5.92 Å². The predicted octanol–water partition coefficient (Wildman–Crippen LogP) is 7.97. The van der Waals surface area contributed by atoms with Crippen LogP contribution in [0.1, 0.15) is 156 Å². The number of nitrogens with one attached hydrogen (secondary N) is 3. The number of isocyanates is 1. The Balaban J connectivity index is 3.77. The van der Waals surface area contributed by atoms with E-state index in [-0.39, 0.29) is 17.9 Å². The number of unbranched alkanes of at least 4 members (excludes halogenated alkanes) is 18. The van der Waals surface area contributed by atoms with Gasteiger partial charge in [0.1, 0.15) is 6.04 Å². The highest BCUT2D eigenvalue weighted by Crippen LogP contribution is 2.14. The monoisotopic (exact) mass is 550 g/mol. The lowest BCUT2D eigenvalue weighted by molar-refractivity contribution is -0.124. The van der Waals surface area contributed by atoms with Gasteiger partial charge in [0, 0.05) is 13.1 Å². The molecular weight excluding hydrogens is 488 g/mol. The normalized spacial score (nSPS) is 12.4.